The van der Waals surface area contributed by atoms with E-state index in [0.717, 1.165) is 0 Å². The SMILES string of the molecule is O=S(=O)(Cl)OC1C=CC=C1. The van der Waals surface area contributed by atoms with Crippen LogP contribution in [0.3, 0.4) is 0 Å². The van der Waals surface area contributed by atoms with Gasteiger partial charge in [0.05, 0.1) is 0 Å². The minimum Gasteiger partial charge on any atom is -0.246 e. The van der Waals surface area contributed by atoms with Crippen molar-refractivity contribution >= 4 is 20.0 Å². The van der Waals surface area contributed by atoms with E-state index in [1.807, 2.05) is 0 Å². The maximum Gasteiger partial charge on any atom is 0.356 e. The number of hydrogen-bond acceptors (Lipinski definition) is 3. The van der Waals surface area contributed by atoms with Crippen molar-refractivity contribution in [3.63, 3.8) is 0 Å². The molecule has 0 saturated carbocycles. The summed E-state index contributed by atoms with van der Waals surface area (Å²) in [5.41, 5.74) is 0. The van der Waals surface area contributed by atoms with Gasteiger partial charge in [-0.15, -0.1) is 0 Å². The van der Waals surface area contributed by atoms with E-state index in [-0.39, 0.29) is 0 Å². The van der Waals surface area contributed by atoms with Crippen LogP contribution < -0.4 is 0 Å². The molecule has 0 bridgehead atoms. The molecular formula is C5H5ClO3S. The van der Waals surface area contributed by atoms with Crippen molar-refractivity contribution in [1.82, 2.24) is 0 Å². The Bertz CT molecular complexity index is 253. The molecule has 0 unspecified atom stereocenters. The third kappa shape index (κ3) is 2.51. The largest absolute Gasteiger partial charge is 0.356 e. The molecule has 1 aliphatic rings. The smallest absolute Gasteiger partial charge is 0.246 e. The Morgan fingerprint density at radius 1 is 1.30 bits per heavy atom. The molecule has 0 saturated heterocycles. The minimum absolute atomic E-state index is 0.525. The van der Waals surface area contributed by atoms with Gasteiger partial charge in [0, 0.05) is 10.7 Å². The van der Waals surface area contributed by atoms with E-state index >= 15 is 0 Å². The normalized spacial score (nSPS) is 18.5. The molecule has 1 aliphatic carbocycles. The summed E-state index contributed by atoms with van der Waals surface area (Å²) in [4.78, 5) is 0. The van der Waals surface area contributed by atoms with Crippen LogP contribution in [-0.4, -0.2) is 14.5 Å². The molecule has 5 heteroatoms. The van der Waals surface area contributed by atoms with E-state index in [1.165, 1.54) is 0 Å². The summed E-state index contributed by atoms with van der Waals surface area (Å²) in [6.45, 7) is 0. The van der Waals surface area contributed by atoms with Crippen LogP contribution in [0.25, 0.3) is 0 Å². The Hall–Kier alpha value is -0.320. The highest BCUT2D eigenvalue weighted by molar-refractivity contribution is 8.10. The second-order valence-corrected chi connectivity index (χ2v) is 3.84. The standard InChI is InChI=1S/C5H5ClO3S/c6-10(7,8)9-5-3-1-2-4-5/h1-5H. The highest BCUT2D eigenvalue weighted by Gasteiger charge is 2.12. The Balaban J connectivity index is 2.56. The molecule has 0 spiro atoms. The number of halogens is 1. The van der Waals surface area contributed by atoms with Gasteiger partial charge in [-0.2, -0.15) is 8.42 Å². The Morgan fingerprint density at radius 2 is 1.80 bits per heavy atom. The van der Waals surface area contributed by atoms with Crippen LogP contribution in [0.2, 0.25) is 0 Å². The Morgan fingerprint density at radius 3 is 2.20 bits per heavy atom. The zero-order chi connectivity index (χ0) is 7.61. The summed E-state index contributed by atoms with van der Waals surface area (Å²) in [7, 11) is 0.958. The lowest BCUT2D eigenvalue weighted by Crippen LogP contribution is -2.07. The summed E-state index contributed by atoms with van der Waals surface area (Å²) in [5.74, 6) is 0. The number of hydrogen-bond donors (Lipinski definition) is 0. The van der Waals surface area contributed by atoms with Gasteiger partial charge in [0.25, 0.3) is 0 Å². The molecule has 0 N–H and O–H groups in total. The molecule has 10 heavy (non-hydrogen) atoms. The Kier molecular flexibility index (Phi) is 2.13. The molecule has 0 radical (unpaired) electrons. The van der Waals surface area contributed by atoms with Crippen molar-refractivity contribution in [3.8, 4) is 0 Å². The molecule has 56 valence electrons. The highest BCUT2D eigenvalue weighted by atomic mass is 35.7. The van der Waals surface area contributed by atoms with Crippen LogP contribution in [0, 0.1) is 0 Å². The first-order chi connectivity index (χ1) is 4.58. The molecule has 0 fully saturated rings. The van der Waals surface area contributed by atoms with Crippen LogP contribution in [-0.2, 0) is 13.5 Å². The lowest BCUT2D eigenvalue weighted by molar-refractivity contribution is 0.311. The third-order valence-electron chi connectivity index (χ3n) is 0.939. The summed E-state index contributed by atoms with van der Waals surface area (Å²) in [6, 6.07) is 0. The molecule has 0 aromatic heterocycles. The van der Waals surface area contributed by atoms with E-state index in [0.29, 0.717) is 0 Å². The molecule has 1 rings (SSSR count). The molecule has 0 aliphatic heterocycles. The summed E-state index contributed by atoms with van der Waals surface area (Å²) in [5, 5.41) is 0. The van der Waals surface area contributed by atoms with Gasteiger partial charge in [0.2, 0.25) is 0 Å². The molecule has 0 atom stereocenters. The highest BCUT2D eigenvalue weighted by Crippen LogP contribution is 2.10. The minimum atomic E-state index is -3.84. The van der Waals surface area contributed by atoms with Crippen LogP contribution >= 0.6 is 10.7 Å². The van der Waals surface area contributed by atoms with E-state index in [4.69, 9.17) is 10.7 Å². The first kappa shape index (κ1) is 7.78. The molecule has 0 aromatic carbocycles. The summed E-state index contributed by atoms with van der Waals surface area (Å²) < 4.78 is 24.9. The second-order valence-electron chi connectivity index (χ2n) is 1.72. The predicted molar refractivity (Wildman–Crippen MR) is 37.9 cm³/mol. The summed E-state index contributed by atoms with van der Waals surface area (Å²) in [6.07, 6.45) is 6.02. The van der Waals surface area contributed by atoms with Crippen molar-refractivity contribution in [2.75, 3.05) is 0 Å². The zero-order valence-electron chi connectivity index (χ0n) is 4.90. The van der Waals surface area contributed by atoms with Gasteiger partial charge >= 0.3 is 9.33 Å². The fourth-order valence-corrected chi connectivity index (χ4v) is 1.25. The van der Waals surface area contributed by atoms with Crippen LogP contribution in [0.4, 0.5) is 0 Å². The zero-order valence-corrected chi connectivity index (χ0v) is 6.47. The van der Waals surface area contributed by atoms with Crippen LogP contribution in [0.15, 0.2) is 24.3 Å². The van der Waals surface area contributed by atoms with Gasteiger partial charge in [-0.25, -0.2) is 4.18 Å². The van der Waals surface area contributed by atoms with Gasteiger partial charge in [-0.05, 0) is 0 Å². The van der Waals surface area contributed by atoms with Crippen molar-refractivity contribution in [2.24, 2.45) is 0 Å². The molecule has 3 nitrogen and oxygen atoms in total. The van der Waals surface area contributed by atoms with Gasteiger partial charge in [-0.3, -0.25) is 0 Å². The fraction of sp³-hybridized carbons (Fsp3) is 0.200. The van der Waals surface area contributed by atoms with E-state index < -0.39 is 15.4 Å². The first-order valence-corrected chi connectivity index (χ1v) is 4.79. The average Bonchev–Trinajstić information content (AvgIpc) is 2.12. The Labute approximate surface area is 63.6 Å². The molecular weight excluding hydrogens is 176 g/mol. The van der Waals surface area contributed by atoms with Gasteiger partial charge in [0.1, 0.15) is 6.10 Å². The number of allylic oxidation sites excluding steroid dienone is 2. The van der Waals surface area contributed by atoms with Crippen LogP contribution in [0.1, 0.15) is 0 Å². The van der Waals surface area contributed by atoms with Gasteiger partial charge in [-0.1, -0.05) is 24.3 Å². The van der Waals surface area contributed by atoms with Crippen LogP contribution in [0.5, 0.6) is 0 Å². The van der Waals surface area contributed by atoms with Crippen molar-refractivity contribution in [3.05, 3.63) is 24.3 Å². The molecule has 0 aromatic rings. The van der Waals surface area contributed by atoms with E-state index in [9.17, 15) is 8.42 Å². The second kappa shape index (κ2) is 2.74. The van der Waals surface area contributed by atoms with Crippen molar-refractivity contribution in [2.45, 2.75) is 6.10 Å². The third-order valence-corrected chi connectivity index (χ3v) is 1.61. The number of rotatable bonds is 2. The predicted octanol–water partition coefficient (Wildman–Crippen LogP) is 0.981. The molecule has 0 heterocycles. The monoisotopic (exact) mass is 180 g/mol. The summed E-state index contributed by atoms with van der Waals surface area (Å²) >= 11 is 0. The van der Waals surface area contributed by atoms with E-state index in [1.54, 1.807) is 24.3 Å². The first-order valence-electron chi connectivity index (χ1n) is 2.56. The van der Waals surface area contributed by atoms with Gasteiger partial charge in [0.15, 0.2) is 0 Å². The van der Waals surface area contributed by atoms with Crippen molar-refractivity contribution in [1.29, 1.82) is 0 Å². The quantitative estimate of drug-likeness (QED) is 0.595. The lowest BCUT2D eigenvalue weighted by Gasteiger charge is -2.00. The van der Waals surface area contributed by atoms with Gasteiger partial charge < -0.3 is 0 Å². The average molecular weight is 181 g/mol. The lowest BCUT2D eigenvalue weighted by atomic mass is 10.4. The topological polar surface area (TPSA) is 43.4 Å². The molecule has 0 amide bonds. The maximum atomic E-state index is 10.3. The van der Waals surface area contributed by atoms with Crippen molar-refractivity contribution < 1.29 is 12.6 Å². The maximum absolute atomic E-state index is 10.3. The van der Waals surface area contributed by atoms with E-state index in [2.05, 4.69) is 4.18 Å². The fourth-order valence-electron chi connectivity index (χ4n) is 0.608.